The summed E-state index contributed by atoms with van der Waals surface area (Å²) in [6, 6.07) is 9.46. The van der Waals surface area contributed by atoms with Gasteiger partial charge in [0.1, 0.15) is 0 Å². The largest absolute Gasteiger partial charge is 0.381 e. The first-order chi connectivity index (χ1) is 9.79. The van der Waals surface area contributed by atoms with Crippen LogP contribution in [0.4, 0.5) is 0 Å². The zero-order valence-corrected chi connectivity index (χ0v) is 12.2. The van der Waals surface area contributed by atoms with E-state index in [0.717, 1.165) is 31.2 Å². The number of rotatable bonds is 7. The highest BCUT2D eigenvalue weighted by atomic mass is 16.5. The molecule has 1 aliphatic carbocycles. The second-order valence-electron chi connectivity index (χ2n) is 5.41. The third kappa shape index (κ3) is 4.73. The van der Waals surface area contributed by atoms with Crippen LogP contribution in [0.25, 0.3) is 0 Å². The van der Waals surface area contributed by atoms with E-state index in [2.05, 4.69) is 0 Å². The molecule has 2 atom stereocenters. The molecule has 3 heteroatoms. The van der Waals surface area contributed by atoms with Gasteiger partial charge in [-0.3, -0.25) is 4.79 Å². The summed E-state index contributed by atoms with van der Waals surface area (Å²) in [4.78, 5) is 11.9. The van der Waals surface area contributed by atoms with Crippen LogP contribution in [-0.2, 0) is 9.47 Å². The van der Waals surface area contributed by atoms with Gasteiger partial charge in [0.25, 0.3) is 0 Å². The summed E-state index contributed by atoms with van der Waals surface area (Å²) in [6.07, 6.45) is 6.43. The molecule has 2 rings (SSSR count). The van der Waals surface area contributed by atoms with Crippen LogP contribution in [0.2, 0.25) is 0 Å². The summed E-state index contributed by atoms with van der Waals surface area (Å²) in [5, 5.41) is 0. The fraction of sp³-hybridized carbons (Fsp3) is 0.588. The number of methoxy groups -OCH3 is 1. The Morgan fingerprint density at radius 3 is 2.70 bits per heavy atom. The number of carbonyl (C=O) groups excluding carboxylic acids is 1. The summed E-state index contributed by atoms with van der Waals surface area (Å²) in [6.45, 7) is 0.666. The topological polar surface area (TPSA) is 35.5 Å². The molecule has 1 fully saturated rings. The molecular formula is C17H24O3. The van der Waals surface area contributed by atoms with Crippen LogP contribution in [0, 0.1) is 0 Å². The van der Waals surface area contributed by atoms with E-state index in [-0.39, 0.29) is 5.78 Å². The average molecular weight is 276 g/mol. The third-order valence-electron chi connectivity index (χ3n) is 3.91. The van der Waals surface area contributed by atoms with Crippen molar-refractivity contribution in [2.45, 2.75) is 50.7 Å². The van der Waals surface area contributed by atoms with E-state index in [9.17, 15) is 4.79 Å². The highest BCUT2D eigenvalue weighted by Gasteiger charge is 2.21. The van der Waals surface area contributed by atoms with Crippen molar-refractivity contribution in [2.75, 3.05) is 13.7 Å². The Hall–Kier alpha value is -1.19. The van der Waals surface area contributed by atoms with Crippen molar-refractivity contribution < 1.29 is 14.3 Å². The molecule has 0 heterocycles. The number of carbonyl (C=O) groups is 1. The van der Waals surface area contributed by atoms with Crippen molar-refractivity contribution in [3.63, 3.8) is 0 Å². The summed E-state index contributed by atoms with van der Waals surface area (Å²) >= 11 is 0. The lowest BCUT2D eigenvalue weighted by atomic mass is 9.95. The molecule has 0 bridgehead atoms. The quantitative estimate of drug-likeness (QED) is 0.563. The number of ketones is 1. The first kappa shape index (κ1) is 15.2. The second kappa shape index (κ2) is 8.18. The van der Waals surface area contributed by atoms with E-state index < -0.39 is 0 Å². The van der Waals surface area contributed by atoms with Crippen LogP contribution in [0.1, 0.15) is 48.9 Å². The van der Waals surface area contributed by atoms with Crippen molar-refractivity contribution in [3.05, 3.63) is 35.9 Å². The van der Waals surface area contributed by atoms with Crippen molar-refractivity contribution in [1.29, 1.82) is 0 Å². The highest BCUT2D eigenvalue weighted by molar-refractivity contribution is 5.95. The molecule has 0 aliphatic heterocycles. The van der Waals surface area contributed by atoms with Crippen LogP contribution in [-0.4, -0.2) is 31.7 Å². The maximum atomic E-state index is 11.9. The van der Waals surface area contributed by atoms with Crippen LogP contribution in [0.15, 0.2) is 30.3 Å². The van der Waals surface area contributed by atoms with Gasteiger partial charge in [-0.2, -0.15) is 0 Å². The normalized spacial score (nSPS) is 22.6. The molecule has 1 aromatic carbocycles. The van der Waals surface area contributed by atoms with E-state index in [1.54, 1.807) is 7.11 Å². The van der Waals surface area contributed by atoms with Crippen molar-refractivity contribution >= 4 is 5.78 Å². The van der Waals surface area contributed by atoms with Gasteiger partial charge in [-0.1, -0.05) is 30.3 Å². The van der Waals surface area contributed by atoms with E-state index in [4.69, 9.17) is 9.47 Å². The molecule has 0 spiro atoms. The first-order valence-electron chi connectivity index (χ1n) is 7.52. The summed E-state index contributed by atoms with van der Waals surface area (Å²) in [7, 11) is 1.77. The Kier molecular flexibility index (Phi) is 6.22. The van der Waals surface area contributed by atoms with Gasteiger partial charge in [0, 0.05) is 25.7 Å². The molecular weight excluding hydrogens is 252 g/mol. The van der Waals surface area contributed by atoms with E-state index in [0.29, 0.717) is 25.2 Å². The fourth-order valence-electron chi connectivity index (χ4n) is 2.72. The van der Waals surface area contributed by atoms with Gasteiger partial charge in [0.05, 0.1) is 12.2 Å². The molecule has 1 saturated carbocycles. The maximum Gasteiger partial charge on any atom is 0.162 e. The molecule has 2 unspecified atom stereocenters. The minimum Gasteiger partial charge on any atom is -0.381 e. The van der Waals surface area contributed by atoms with Crippen molar-refractivity contribution in [2.24, 2.45) is 0 Å². The van der Waals surface area contributed by atoms with Gasteiger partial charge in [0.2, 0.25) is 0 Å². The minimum absolute atomic E-state index is 0.201. The molecule has 0 aromatic heterocycles. The molecule has 0 radical (unpaired) electrons. The van der Waals surface area contributed by atoms with E-state index in [1.165, 1.54) is 6.42 Å². The molecule has 110 valence electrons. The summed E-state index contributed by atoms with van der Waals surface area (Å²) in [5.41, 5.74) is 0.796. The molecule has 0 saturated heterocycles. The fourth-order valence-corrected chi connectivity index (χ4v) is 2.72. The lowest BCUT2D eigenvalue weighted by molar-refractivity contribution is -0.0300. The second-order valence-corrected chi connectivity index (χ2v) is 5.41. The predicted octanol–water partition coefficient (Wildman–Crippen LogP) is 3.62. The Morgan fingerprint density at radius 1 is 1.20 bits per heavy atom. The zero-order chi connectivity index (χ0) is 14.2. The van der Waals surface area contributed by atoms with E-state index >= 15 is 0 Å². The number of benzene rings is 1. The zero-order valence-electron chi connectivity index (χ0n) is 12.2. The lowest BCUT2D eigenvalue weighted by Crippen LogP contribution is -2.27. The molecule has 0 amide bonds. The number of hydrogen-bond donors (Lipinski definition) is 0. The Bertz CT molecular complexity index is 402. The van der Waals surface area contributed by atoms with Gasteiger partial charge < -0.3 is 9.47 Å². The molecule has 1 aliphatic rings. The predicted molar refractivity (Wildman–Crippen MR) is 79.0 cm³/mol. The number of ether oxygens (including phenoxy) is 2. The van der Waals surface area contributed by atoms with Crippen LogP contribution in [0.5, 0.6) is 0 Å². The molecule has 20 heavy (non-hydrogen) atoms. The standard InChI is InChI=1S/C17H24O3/c1-19-15-9-5-10-16(13-15)20-12-6-11-17(18)14-7-3-2-4-8-14/h2-4,7-8,15-16H,5-6,9-13H2,1H3. The van der Waals surface area contributed by atoms with Crippen molar-refractivity contribution in [1.82, 2.24) is 0 Å². The lowest BCUT2D eigenvalue weighted by Gasteiger charge is -2.28. The molecule has 0 N–H and O–H groups in total. The van der Waals surface area contributed by atoms with Gasteiger partial charge >= 0.3 is 0 Å². The third-order valence-corrected chi connectivity index (χ3v) is 3.91. The van der Waals surface area contributed by atoms with Gasteiger partial charge in [-0.25, -0.2) is 0 Å². The smallest absolute Gasteiger partial charge is 0.162 e. The minimum atomic E-state index is 0.201. The summed E-state index contributed by atoms with van der Waals surface area (Å²) in [5.74, 6) is 0.201. The average Bonchev–Trinajstić information content (AvgIpc) is 2.52. The van der Waals surface area contributed by atoms with Gasteiger partial charge in [-0.15, -0.1) is 0 Å². The van der Waals surface area contributed by atoms with Gasteiger partial charge in [-0.05, 0) is 32.1 Å². The number of Topliss-reactive ketones (excluding diaryl/α,β-unsaturated/α-hetero) is 1. The Morgan fingerprint density at radius 2 is 1.95 bits per heavy atom. The molecule has 1 aromatic rings. The first-order valence-corrected chi connectivity index (χ1v) is 7.52. The van der Waals surface area contributed by atoms with Crippen LogP contribution in [0.3, 0.4) is 0 Å². The molecule has 3 nitrogen and oxygen atoms in total. The number of hydrogen-bond acceptors (Lipinski definition) is 3. The van der Waals surface area contributed by atoms with Crippen LogP contribution < -0.4 is 0 Å². The van der Waals surface area contributed by atoms with Gasteiger partial charge in [0.15, 0.2) is 5.78 Å². The highest BCUT2D eigenvalue weighted by Crippen LogP contribution is 2.23. The SMILES string of the molecule is COC1CCCC(OCCCC(=O)c2ccccc2)C1. The Labute approximate surface area is 121 Å². The maximum absolute atomic E-state index is 11.9. The van der Waals surface area contributed by atoms with Crippen LogP contribution >= 0.6 is 0 Å². The summed E-state index contributed by atoms with van der Waals surface area (Å²) < 4.78 is 11.3. The monoisotopic (exact) mass is 276 g/mol. The van der Waals surface area contributed by atoms with Crippen molar-refractivity contribution in [3.8, 4) is 0 Å². The van der Waals surface area contributed by atoms with E-state index in [1.807, 2.05) is 30.3 Å². The Balaban J connectivity index is 1.63.